The first-order valence-corrected chi connectivity index (χ1v) is 4.01. The maximum absolute atomic E-state index is 10.6. The largest absolute Gasteiger partial charge is 0.412 e. The van der Waals surface area contributed by atoms with E-state index in [1.54, 1.807) is 12.1 Å². The van der Waals surface area contributed by atoms with Crippen molar-refractivity contribution in [2.24, 2.45) is 0 Å². The third-order valence-electron chi connectivity index (χ3n) is 0.916. The number of hydrogen-bond donors (Lipinski definition) is 0. The first-order chi connectivity index (χ1) is 5.22. The van der Waals surface area contributed by atoms with Gasteiger partial charge in [0.15, 0.2) is 5.06 Å². The van der Waals surface area contributed by atoms with E-state index in [0.717, 1.165) is 6.08 Å². The molecule has 4 heteroatoms. The molecule has 1 heterocycles. The summed E-state index contributed by atoms with van der Waals surface area (Å²) in [6.45, 7) is 3.26. The van der Waals surface area contributed by atoms with Gasteiger partial charge in [0.2, 0.25) is 0 Å². The Morgan fingerprint density at radius 2 is 2.45 bits per heavy atom. The lowest BCUT2D eigenvalue weighted by Gasteiger charge is -1.93. The normalized spacial score (nSPS) is 9.18. The fraction of sp³-hybridized carbons (Fsp3) is 0. The first kappa shape index (κ1) is 8.30. The van der Waals surface area contributed by atoms with Crippen molar-refractivity contribution < 1.29 is 9.53 Å². The fourth-order valence-electron chi connectivity index (χ4n) is 0.493. The molecule has 0 amide bonds. The lowest BCUT2D eigenvalue weighted by molar-refractivity contribution is -0.128. The summed E-state index contributed by atoms with van der Waals surface area (Å²) >= 11 is 6.79. The van der Waals surface area contributed by atoms with Crippen LogP contribution in [0.3, 0.4) is 0 Å². The highest BCUT2D eigenvalue weighted by Gasteiger charge is 2.01. The van der Waals surface area contributed by atoms with Crippen LogP contribution in [0.2, 0.25) is 4.34 Å². The molecule has 11 heavy (non-hydrogen) atoms. The molecule has 0 fully saturated rings. The van der Waals surface area contributed by atoms with Crippen LogP contribution >= 0.6 is 22.9 Å². The molecule has 0 atom stereocenters. The fourth-order valence-corrected chi connectivity index (χ4v) is 1.37. The van der Waals surface area contributed by atoms with E-state index in [1.165, 1.54) is 11.3 Å². The van der Waals surface area contributed by atoms with Crippen molar-refractivity contribution in [1.82, 2.24) is 0 Å². The third-order valence-corrected chi connectivity index (χ3v) is 2.03. The quantitative estimate of drug-likeness (QED) is 0.527. The molecular formula is C7H5ClO2S. The second kappa shape index (κ2) is 3.55. The van der Waals surface area contributed by atoms with E-state index >= 15 is 0 Å². The number of rotatable bonds is 2. The molecule has 0 spiro atoms. The van der Waals surface area contributed by atoms with Crippen LogP contribution in [0, 0.1) is 0 Å². The van der Waals surface area contributed by atoms with Crippen molar-refractivity contribution in [3.8, 4) is 5.06 Å². The molecule has 1 rings (SSSR count). The minimum absolute atomic E-state index is 0.469. The van der Waals surface area contributed by atoms with Gasteiger partial charge >= 0.3 is 5.97 Å². The summed E-state index contributed by atoms with van der Waals surface area (Å²) in [4.78, 5) is 10.6. The van der Waals surface area contributed by atoms with Crippen LogP contribution in [0.15, 0.2) is 24.8 Å². The number of carbonyl (C=O) groups excluding carboxylic acids is 1. The smallest absolute Gasteiger partial charge is 0.336 e. The van der Waals surface area contributed by atoms with Gasteiger partial charge in [-0.05, 0) is 12.1 Å². The number of hydrogen-bond acceptors (Lipinski definition) is 3. The van der Waals surface area contributed by atoms with Gasteiger partial charge in [0.05, 0.1) is 4.34 Å². The van der Waals surface area contributed by atoms with E-state index in [2.05, 4.69) is 6.58 Å². The van der Waals surface area contributed by atoms with Crippen LogP contribution in [0.4, 0.5) is 0 Å². The number of carbonyl (C=O) groups is 1. The Morgan fingerprint density at radius 3 is 2.91 bits per heavy atom. The molecular weight excluding hydrogens is 184 g/mol. The topological polar surface area (TPSA) is 26.3 Å². The minimum atomic E-state index is -0.469. The Bertz CT molecular complexity index is 280. The van der Waals surface area contributed by atoms with Gasteiger partial charge < -0.3 is 4.74 Å². The van der Waals surface area contributed by atoms with Gasteiger partial charge in [-0.3, -0.25) is 0 Å². The monoisotopic (exact) mass is 188 g/mol. The van der Waals surface area contributed by atoms with E-state index in [4.69, 9.17) is 16.3 Å². The van der Waals surface area contributed by atoms with Crippen molar-refractivity contribution in [2.45, 2.75) is 0 Å². The molecule has 0 saturated carbocycles. The van der Waals surface area contributed by atoms with Crippen LogP contribution in [-0.4, -0.2) is 5.97 Å². The lowest BCUT2D eigenvalue weighted by Crippen LogP contribution is -2.00. The minimum Gasteiger partial charge on any atom is -0.412 e. The summed E-state index contributed by atoms with van der Waals surface area (Å²) < 4.78 is 5.36. The van der Waals surface area contributed by atoms with Crippen molar-refractivity contribution in [3.05, 3.63) is 29.1 Å². The van der Waals surface area contributed by atoms with Crippen LogP contribution in [0.1, 0.15) is 0 Å². The number of halogens is 1. The molecule has 0 bridgehead atoms. The Kier molecular flexibility index (Phi) is 2.68. The molecule has 1 aromatic heterocycles. The Balaban J connectivity index is 2.64. The van der Waals surface area contributed by atoms with Gasteiger partial charge in [-0.25, -0.2) is 4.79 Å². The van der Waals surface area contributed by atoms with E-state index < -0.39 is 5.97 Å². The number of ether oxygens (including phenoxy) is 1. The van der Waals surface area contributed by atoms with Gasteiger partial charge in [0.25, 0.3) is 0 Å². The van der Waals surface area contributed by atoms with Gasteiger partial charge in [-0.15, -0.1) is 0 Å². The molecule has 0 saturated heterocycles. The third kappa shape index (κ3) is 2.37. The van der Waals surface area contributed by atoms with E-state index in [1.807, 2.05) is 0 Å². The zero-order valence-electron chi connectivity index (χ0n) is 5.54. The van der Waals surface area contributed by atoms with Crippen LogP contribution in [0.5, 0.6) is 5.06 Å². The van der Waals surface area contributed by atoms with Gasteiger partial charge in [0.1, 0.15) is 0 Å². The molecule has 1 aromatic rings. The molecule has 0 aliphatic rings. The zero-order valence-corrected chi connectivity index (χ0v) is 7.11. The maximum Gasteiger partial charge on any atom is 0.336 e. The Hall–Kier alpha value is -0.800. The second-order valence-corrected chi connectivity index (χ2v) is 3.36. The average molecular weight is 189 g/mol. The average Bonchev–Trinajstić information content (AvgIpc) is 2.35. The summed E-state index contributed by atoms with van der Waals surface area (Å²) in [7, 11) is 0. The molecule has 0 unspecified atom stereocenters. The molecule has 58 valence electrons. The molecule has 0 radical (unpaired) electrons. The number of esters is 1. The van der Waals surface area contributed by atoms with Crippen LogP contribution in [0.25, 0.3) is 0 Å². The van der Waals surface area contributed by atoms with Crippen molar-refractivity contribution in [1.29, 1.82) is 0 Å². The lowest BCUT2D eigenvalue weighted by atomic mass is 10.6. The van der Waals surface area contributed by atoms with E-state index in [0.29, 0.717) is 9.40 Å². The van der Waals surface area contributed by atoms with E-state index in [-0.39, 0.29) is 0 Å². The van der Waals surface area contributed by atoms with Gasteiger partial charge in [-0.2, -0.15) is 0 Å². The van der Waals surface area contributed by atoms with Crippen molar-refractivity contribution in [2.75, 3.05) is 0 Å². The predicted octanol–water partition coefficient (Wildman–Crippen LogP) is 2.49. The first-order valence-electron chi connectivity index (χ1n) is 2.82. The Morgan fingerprint density at radius 1 is 1.73 bits per heavy atom. The molecule has 0 N–H and O–H groups in total. The molecule has 2 nitrogen and oxygen atoms in total. The maximum atomic E-state index is 10.6. The highest BCUT2D eigenvalue weighted by molar-refractivity contribution is 7.17. The highest BCUT2D eigenvalue weighted by Crippen LogP contribution is 2.28. The van der Waals surface area contributed by atoms with Crippen LogP contribution in [-0.2, 0) is 4.79 Å². The molecule has 0 aliphatic carbocycles. The standard InChI is InChI=1S/C7H5ClO2S/c1-2-6(9)10-7-4-3-5(8)11-7/h2-4H,1H2. The molecule has 0 aliphatic heterocycles. The highest BCUT2D eigenvalue weighted by atomic mass is 35.5. The second-order valence-electron chi connectivity index (χ2n) is 1.68. The van der Waals surface area contributed by atoms with Crippen molar-refractivity contribution >= 4 is 28.9 Å². The summed E-state index contributed by atoms with van der Waals surface area (Å²) in [5.74, 6) is -0.469. The summed E-state index contributed by atoms with van der Waals surface area (Å²) in [5, 5.41) is 0.486. The van der Waals surface area contributed by atoms with Gasteiger partial charge in [-0.1, -0.05) is 29.5 Å². The summed E-state index contributed by atoms with van der Waals surface area (Å²) in [6, 6.07) is 3.30. The van der Waals surface area contributed by atoms with Gasteiger partial charge in [0, 0.05) is 6.08 Å². The SMILES string of the molecule is C=CC(=O)Oc1ccc(Cl)s1. The summed E-state index contributed by atoms with van der Waals surface area (Å²) in [6.07, 6.45) is 1.10. The molecule has 0 aromatic carbocycles. The Labute approximate surface area is 73.1 Å². The summed E-state index contributed by atoms with van der Waals surface area (Å²) in [5.41, 5.74) is 0. The number of thiophene rings is 1. The van der Waals surface area contributed by atoms with E-state index in [9.17, 15) is 4.79 Å². The zero-order chi connectivity index (χ0) is 8.27. The van der Waals surface area contributed by atoms with Crippen molar-refractivity contribution in [3.63, 3.8) is 0 Å². The predicted molar refractivity (Wildman–Crippen MR) is 45.2 cm³/mol. The van der Waals surface area contributed by atoms with Crippen LogP contribution < -0.4 is 4.74 Å².